The molecule has 0 aliphatic carbocycles. The first-order valence-electron chi connectivity index (χ1n) is 10.0. The Bertz CT molecular complexity index is 969. The first kappa shape index (κ1) is 25.0. The van der Waals surface area contributed by atoms with Crippen molar-refractivity contribution in [3.8, 4) is 23.0 Å². The normalized spacial score (nSPS) is 12.3. The Morgan fingerprint density at radius 2 is 1.47 bits per heavy atom. The summed E-state index contributed by atoms with van der Waals surface area (Å²) in [6.07, 6.45) is -5.38. The summed E-state index contributed by atoms with van der Waals surface area (Å²) in [5.74, 6) is -0.395. The number of hydrogen-bond acceptors (Lipinski definition) is 6. The highest BCUT2D eigenvalue weighted by Crippen LogP contribution is 2.48. The van der Waals surface area contributed by atoms with Crippen molar-refractivity contribution in [2.24, 2.45) is 0 Å². The number of fused-ring (bicyclic) bond motifs is 1. The lowest BCUT2D eigenvalue weighted by Gasteiger charge is -2.24. The van der Waals surface area contributed by atoms with Crippen molar-refractivity contribution in [1.29, 1.82) is 0 Å². The van der Waals surface area contributed by atoms with Gasteiger partial charge in [-0.3, -0.25) is 9.59 Å². The van der Waals surface area contributed by atoms with E-state index in [0.717, 1.165) is 12.1 Å². The van der Waals surface area contributed by atoms with Gasteiger partial charge >= 0.3 is 6.18 Å². The smallest absolute Gasteiger partial charge is 0.417 e. The molecular formula is C23H25F3O6. The van der Waals surface area contributed by atoms with E-state index in [2.05, 4.69) is 0 Å². The van der Waals surface area contributed by atoms with Gasteiger partial charge in [-0.05, 0) is 12.1 Å². The zero-order valence-corrected chi connectivity index (χ0v) is 18.3. The maximum Gasteiger partial charge on any atom is 0.417 e. The zero-order chi connectivity index (χ0) is 23.9. The number of benzene rings is 2. The van der Waals surface area contributed by atoms with Crippen LogP contribution in [-0.4, -0.2) is 39.0 Å². The second-order valence-electron chi connectivity index (χ2n) is 6.40. The van der Waals surface area contributed by atoms with Crippen molar-refractivity contribution in [3.05, 3.63) is 47.0 Å². The summed E-state index contributed by atoms with van der Waals surface area (Å²) in [7, 11) is 2.74. The Morgan fingerprint density at radius 1 is 0.906 bits per heavy atom. The maximum absolute atomic E-state index is 13.1. The van der Waals surface area contributed by atoms with Crippen LogP contribution in [-0.2, 0) is 6.18 Å². The van der Waals surface area contributed by atoms with Crippen LogP contribution in [0.4, 0.5) is 13.2 Å². The van der Waals surface area contributed by atoms with Crippen LogP contribution in [0, 0.1) is 0 Å². The maximum atomic E-state index is 13.1. The van der Waals surface area contributed by atoms with Gasteiger partial charge in [-0.15, -0.1) is 0 Å². The lowest BCUT2D eigenvalue weighted by molar-refractivity contribution is -0.137. The molecule has 0 N–H and O–H groups in total. The summed E-state index contributed by atoms with van der Waals surface area (Å²) in [4.78, 5) is 25.2. The van der Waals surface area contributed by atoms with Gasteiger partial charge in [0.15, 0.2) is 23.1 Å². The van der Waals surface area contributed by atoms with E-state index in [1.165, 1.54) is 32.4 Å². The minimum absolute atomic E-state index is 0.0931. The van der Waals surface area contributed by atoms with Crippen molar-refractivity contribution < 1.29 is 41.7 Å². The summed E-state index contributed by atoms with van der Waals surface area (Å²) in [6.45, 7) is 4.55. The Balaban J connectivity index is 0.00000176. The molecule has 6 nitrogen and oxygen atoms in total. The molecule has 0 spiro atoms. The van der Waals surface area contributed by atoms with Gasteiger partial charge in [0, 0.05) is 18.4 Å². The molecule has 0 fully saturated rings. The molecule has 174 valence electrons. The molecule has 1 heterocycles. The fraction of sp³-hybridized carbons (Fsp3) is 0.391. The number of ketones is 2. The molecule has 0 unspecified atom stereocenters. The molecule has 1 aliphatic rings. The summed E-state index contributed by atoms with van der Waals surface area (Å²) in [5.41, 5.74) is -1.40. The van der Waals surface area contributed by atoms with Crippen LogP contribution in [0.3, 0.4) is 0 Å². The standard InChI is InChI=1S/C21H19F3O6.C2H6/c1-27-17-11-13(18(28-2)20-19(17)29-9-10-30-20)16(26)8-7-15(25)12-5-3-4-6-14(12)21(22,23)24;1-2/h3-6,11H,7-10H2,1-2H3;1-2H3. The molecule has 9 heteroatoms. The molecule has 2 aromatic carbocycles. The average molecular weight is 454 g/mol. The number of ether oxygens (including phenoxy) is 4. The first-order valence-corrected chi connectivity index (χ1v) is 10.0. The van der Waals surface area contributed by atoms with Crippen LogP contribution in [0.2, 0.25) is 0 Å². The quantitative estimate of drug-likeness (QED) is 0.524. The lowest BCUT2D eigenvalue weighted by Crippen LogP contribution is -2.18. The summed E-state index contributed by atoms with van der Waals surface area (Å²) in [6, 6.07) is 5.89. The molecule has 0 atom stereocenters. The van der Waals surface area contributed by atoms with E-state index in [4.69, 9.17) is 18.9 Å². The summed E-state index contributed by atoms with van der Waals surface area (Å²) >= 11 is 0. The van der Waals surface area contributed by atoms with Gasteiger partial charge in [0.2, 0.25) is 11.5 Å². The van der Waals surface area contributed by atoms with Crippen LogP contribution in [0.1, 0.15) is 53.0 Å². The van der Waals surface area contributed by atoms with Crippen LogP contribution >= 0.6 is 0 Å². The number of rotatable bonds is 7. The fourth-order valence-corrected chi connectivity index (χ4v) is 3.19. The molecular weight excluding hydrogens is 429 g/mol. The molecule has 0 amide bonds. The van der Waals surface area contributed by atoms with Crippen molar-refractivity contribution >= 4 is 11.6 Å². The van der Waals surface area contributed by atoms with E-state index in [9.17, 15) is 22.8 Å². The first-order chi connectivity index (χ1) is 15.3. The third-order valence-electron chi connectivity index (χ3n) is 4.57. The molecule has 2 aromatic rings. The fourth-order valence-electron chi connectivity index (χ4n) is 3.19. The lowest BCUT2D eigenvalue weighted by atomic mass is 9.97. The SMILES string of the molecule is CC.COc1cc(C(=O)CCC(=O)c2ccccc2C(F)(F)F)c(OC)c2c1OCCO2. The van der Waals surface area contributed by atoms with Crippen LogP contribution in [0.5, 0.6) is 23.0 Å². The van der Waals surface area contributed by atoms with Crippen molar-refractivity contribution in [1.82, 2.24) is 0 Å². The van der Waals surface area contributed by atoms with E-state index in [1.807, 2.05) is 13.8 Å². The number of methoxy groups -OCH3 is 2. The summed E-state index contributed by atoms with van der Waals surface area (Å²) < 4.78 is 61.0. The predicted molar refractivity (Wildman–Crippen MR) is 111 cm³/mol. The summed E-state index contributed by atoms with van der Waals surface area (Å²) in [5, 5.41) is 0. The van der Waals surface area contributed by atoms with Gasteiger partial charge in [0.25, 0.3) is 0 Å². The average Bonchev–Trinajstić information content (AvgIpc) is 2.81. The molecule has 0 saturated carbocycles. The third kappa shape index (κ3) is 5.33. The van der Waals surface area contributed by atoms with Crippen LogP contribution in [0.25, 0.3) is 0 Å². The predicted octanol–water partition coefficient (Wildman–Crippen LogP) is 5.37. The topological polar surface area (TPSA) is 71.1 Å². The van der Waals surface area contributed by atoms with Crippen molar-refractivity contribution in [2.75, 3.05) is 27.4 Å². The Kier molecular flexibility index (Phi) is 8.51. The van der Waals surface area contributed by atoms with Crippen molar-refractivity contribution in [2.45, 2.75) is 32.9 Å². The molecule has 3 rings (SSSR count). The highest BCUT2D eigenvalue weighted by Gasteiger charge is 2.35. The second-order valence-corrected chi connectivity index (χ2v) is 6.40. The monoisotopic (exact) mass is 454 g/mol. The molecule has 0 aromatic heterocycles. The largest absolute Gasteiger partial charge is 0.493 e. The Labute approximate surface area is 184 Å². The third-order valence-corrected chi connectivity index (χ3v) is 4.57. The number of carbonyl (C=O) groups is 2. The van der Waals surface area contributed by atoms with Crippen LogP contribution < -0.4 is 18.9 Å². The van der Waals surface area contributed by atoms with Crippen LogP contribution in [0.15, 0.2) is 30.3 Å². The zero-order valence-electron chi connectivity index (χ0n) is 18.3. The van der Waals surface area contributed by atoms with Gasteiger partial charge in [-0.1, -0.05) is 32.0 Å². The minimum Gasteiger partial charge on any atom is -0.493 e. The Hall–Kier alpha value is -3.23. The Morgan fingerprint density at radius 3 is 2.03 bits per heavy atom. The van der Waals surface area contributed by atoms with E-state index in [-0.39, 0.29) is 35.8 Å². The van der Waals surface area contributed by atoms with Crippen molar-refractivity contribution in [3.63, 3.8) is 0 Å². The molecule has 0 bridgehead atoms. The van der Waals surface area contributed by atoms with E-state index >= 15 is 0 Å². The van der Waals surface area contributed by atoms with E-state index in [1.54, 1.807) is 0 Å². The van der Waals surface area contributed by atoms with Gasteiger partial charge in [0.1, 0.15) is 13.2 Å². The minimum atomic E-state index is -4.66. The van der Waals surface area contributed by atoms with Gasteiger partial charge in [-0.25, -0.2) is 0 Å². The number of carbonyl (C=O) groups excluding carboxylic acids is 2. The van der Waals surface area contributed by atoms with Gasteiger partial charge < -0.3 is 18.9 Å². The number of Topliss-reactive ketones (excluding diaryl/α,β-unsaturated/α-hetero) is 2. The van der Waals surface area contributed by atoms with E-state index < -0.39 is 35.3 Å². The molecule has 32 heavy (non-hydrogen) atoms. The number of alkyl halides is 3. The van der Waals surface area contributed by atoms with E-state index in [0.29, 0.717) is 12.4 Å². The highest BCUT2D eigenvalue weighted by atomic mass is 19.4. The number of halogens is 3. The number of hydrogen-bond donors (Lipinski definition) is 0. The second kappa shape index (κ2) is 10.9. The highest BCUT2D eigenvalue weighted by molar-refractivity contribution is 6.05. The molecule has 0 radical (unpaired) electrons. The molecule has 0 saturated heterocycles. The molecule has 1 aliphatic heterocycles. The van der Waals surface area contributed by atoms with Gasteiger partial charge in [0.05, 0.1) is 25.3 Å². The van der Waals surface area contributed by atoms with Gasteiger partial charge in [-0.2, -0.15) is 13.2 Å².